The molecule has 1 aliphatic heterocycles. The van der Waals surface area contributed by atoms with Crippen molar-refractivity contribution in [3.63, 3.8) is 0 Å². The van der Waals surface area contributed by atoms with E-state index in [4.69, 9.17) is 9.72 Å². The third kappa shape index (κ3) is 3.90. The third-order valence-electron chi connectivity index (χ3n) is 4.66. The monoisotopic (exact) mass is 362 g/mol. The minimum Gasteiger partial charge on any atom is -0.378 e. The Balaban J connectivity index is 1.63. The van der Waals surface area contributed by atoms with Crippen molar-refractivity contribution in [3.8, 4) is 11.3 Å². The van der Waals surface area contributed by atoms with E-state index < -0.39 is 0 Å². The molecule has 0 bridgehead atoms. The molecule has 1 amide bonds. The highest BCUT2D eigenvalue weighted by atomic mass is 16.5. The first-order valence-corrected chi connectivity index (χ1v) is 9.14. The molecule has 138 valence electrons. The lowest BCUT2D eigenvalue weighted by molar-refractivity contribution is -0.133. The van der Waals surface area contributed by atoms with E-state index in [9.17, 15) is 4.79 Å². The molecule has 0 saturated carbocycles. The zero-order chi connectivity index (χ0) is 18.6. The van der Waals surface area contributed by atoms with Gasteiger partial charge in [0.1, 0.15) is 0 Å². The number of ether oxygens (including phenoxy) is 1. The zero-order valence-electron chi connectivity index (χ0n) is 15.3. The number of nitrogens with one attached hydrogen (secondary N) is 1. The Hall–Kier alpha value is -2.99. The summed E-state index contributed by atoms with van der Waals surface area (Å²) < 4.78 is 5.30. The van der Waals surface area contributed by atoms with Gasteiger partial charge in [0, 0.05) is 24.0 Å². The van der Waals surface area contributed by atoms with Gasteiger partial charge in [0.2, 0.25) is 11.9 Å². The summed E-state index contributed by atoms with van der Waals surface area (Å²) in [4.78, 5) is 23.5. The molecule has 1 aromatic heterocycles. The summed E-state index contributed by atoms with van der Waals surface area (Å²) in [6.45, 7) is 4.68. The van der Waals surface area contributed by atoms with Crippen molar-refractivity contribution in [2.75, 3.05) is 38.2 Å². The number of hydrogen-bond acceptors (Lipinski definition) is 5. The molecule has 2 aromatic carbocycles. The molecule has 0 radical (unpaired) electrons. The standard InChI is InChI=1S/C21H22N4O2/c1-15-7-8-18-17(13-15)20(16-5-3-2-4-6-16)24-21(23-18)22-14-19(26)25-9-11-27-12-10-25/h2-8,13H,9-12,14H2,1H3,(H,22,23,24). The number of rotatable bonds is 4. The third-order valence-corrected chi connectivity index (χ3v) is 4.66. The van der Waals surface area contributed by atoms with Crippen molar-refractivity contribution in [1.82, 2.24) is 14.9 Å². The molecule has 3 aromatic rings. The average molecular weight is 362 g/mol. The van der Waals surface area contributed by atoms with Crippen LogP contribution in [-0.4, -0.2) is 53.6 Å². The summed E-state index contributed by atoms with van der Waals surface area (Å²) in [6.07, 6.45) is 0. The number of nitrogens with zero attached hydrogens (tertiary/aromatic N) is 3. The number of hydrogen-bond donors (Lipinski definition) is 1. The van der Waals surface area contributed by atoms with Crippen LogP contribution in [0.3, 0.4) is 0 Å². The van der Waals surface area contributed by atoms with Crippen molar-refractivity contribution in [2.45, 2.75) is 6.92 Å². The number of anilines is 1. The molecule has 1 fully saturated rings. The lowest BCUT2D eigenvalue weighted by Crippen LogP contribution is -2.43. The molecule has 0 aliphatic carbocycles. The molecule has 6 nitrogen and oxygen atoms in total. The van der Waals surface area contributed by atoms with Gasteiger partial charge in [0.05, 0.1) is 31.0 Å². The largest absolute Gasteiger partial charge is 0.378 e. The van der Waals surface area contributed by atoms with Crippen molar-refractivity contribution in [1.29, 1.82) is 0 Å². The zero-order valence-corrected chi connectivity index (χ0v) is 15.3. The van der Waals surface area contributed by atoms with E-state index in [2.05, 4.69) is 23.3 Å². The lowest BCUT2D eigenvalue weighted by atomic mass is 10.0. The fourth-order valence-corrected chi connectivity index (χ4v) is 3.22. The second kappa shape index (κ2) is 7.72. The Kier molecular flexibility index (Phi) is 4.98. The summed E-state index contributed by atoms with van der Waals surface area (Å²) in [7, 11) is 0. The predicted molar refractivity (Wildman–Crippen MR) is 106 cm³/mol. The van der Waals surface area contributed by atoms with Gasteiger partial charge in [-0.1, -0.05) is 42.0 Å². The number of aryl methyl sites for hydroxylation is 1. The Morgan fingerprint density at radius 3 is 2.67 bits per heavy atom. The first-order chi connectivity index (χ1) is 13.2. The van der Waals surface area contributed by atoms with Gasteiger partial charge in [-0.15, -0.1) is 0 Å². The van der Waals surface area contributed by atoms with Crippen LogP contribution in [0.2, 0.25) is 0 Å². The Labute approximate surface area is 158 Å². The minimum absolute atomic E-state index is 0.0344. The van der Waals surface area contributed by atoms with E-state index in [0.29, 0.717) is 32.3 Å². The van der Waals surface area contributed by atoms with E-state index in [0.717, 1.165) is 27.7 Å². The maximum atomic E-state index is 12.4. The topological polar surface area (TPSA) is 67.4 Å². The number of carbonyl (C=O) groups is 1. The molecule has 1 saturated heterocycles. The minimum atomic E-state index is 0.0344. The highest BCUT2D eigenvalue weighted by Gasteiger charge is 2.17. The van der Waals surface area contributed by atoms with E-state index >= 15 is 0 Å². The number of fused-ring (bicyclic) bond motifs is 1. The Morgan fingerprint density at radius 1 is 1.11 bits per heavy atom. The van der Waals surface area contributed by atoms with Crippen molar-refractivity contribution < 1.29 is 9.53 Å². The fourth-order valence-electron chi connectivity index (χ4n) is 3.22. The molecule has 27 heavy (non-hydrogen) atoms. The van der Waals surface area contributed by atoms with Crippen molar-refractivity contribution in [2.24, 2.45) is 0 Å². The van der Waals surface area contributed by atoms with Crippen LogP contribution >= 0.6 is 0 Å². The molecular formula is C21H22N4O2. The van der Waals surface area contributed by atoms with Gasteiger partial charge in [-0.25, -0.2) is 9.97 Å². The van der Waals surface area contributed by atoms with Gasteiger partial charge >= 0.3 is 0 Å². The number of amides is 1. The van der Waals surface area contributed by atoms with Crippen LogP contribution in [0.15, 0.2) is 48.5 Å². The van der Waals surface area contributed by atoms with Crippen LogP contribution in [0.4, 0.5) is 5.95 Å². The van der Waals surface area contributed by atoms with Gasteiger partial charge in [-0.05, 0) is 19.1 Å². The van der Waals surface area contributed by atoms with Crippen LogP contribution in [0.25, 0.3) is 22.2 Å². The van der Waals surface area contributed by atoms with Gasteiger partial charge in [-0.3, -0.25) is 4.79 Å². The van der Waals surface area contributed by atoms with Crippen LogP contribution in [0, 0.1) is 6.92 Å². The summed E-state index contributed by atoms with van der Waals surface area (Å²) >= 11 is 0. The number of benzene rings is 2. The van der Waals surface area contributed by atoms with E-state index in [1.165, 1.54) is 0 Å². The van der Waals surface area contributed by atoms with Crippen molar-refractivity contribution in [3.05, 3.63) is 54.1 Å². The maximum Gasteiger partial charge on any atom is 0.242 e. The first-order valence-electron chi connectivity index (χ1n) is 9.14. The van der Waals surface area contributed by atoms with E-state index in [1.54, 1.807) is 4.90 Å². The molecule has 4 rings (SSSR count). The first kappa shape index (κ1) is 17.4. The average Bonchev–Trinajstić information content (AvgIpc) is 2.73. The normalized spacial score (nSPS) is 14.3. The number of morpholine rings is 1. The van der Waals surface area contributed by atoms with Gasteiger partial charge in [0.15, 0.2) is 0 Å². The smallest absolute Gasteiger partial charge is 0.242 e. The molecular weight excluding hydrogens is 340 g/mol. The summed E-state index contributed by atoms with van der Waals surface area (Å²) in [6, 6.07) is 16.2. The molecule has 2 heterocycles. The molecule has 0 spiro atoms. The predicted octanol–water partition coefficient (Wildman–Crippen LogP) is 2.88. The van der Waals surface area contributed by atoms with Gasteiger partial charge < -0.3 is 15.0 Å². The molecule has 0 atom stereocenters. The lowest BCUT2D eigenvalue weighted by Gasteiger charge is -2.26. The quantitative estimate of drug-likeness (QED) is 0.773. The summed E-state index contributed by atoms with van der Waals surface area (Å²) in [5, 5.41) is 4.11. The Bertz CT molecular complexity index is 953. The van der Waals surface area contributed by atoms with Crippen LogP contribution in [0.1, 0.15) is 5.56 Å². The molecule has 1 N–H and O–H groups in total. The van der Waals surface area contributed by atoms with Crippen LogP contribution in [-0.2, 0) is 9.53 Å². The van der Waals surface area contributed by atoms with Crippen LogP contribution < -0.4 is 5.32 Å². The fraction of sp³-hybridized carbons (Fsp3) is 0.286. The van der Waals surface area contributed by atoms with E-state index in [-0.39, 0.29) is 12.5 Å². The van der Waals surface area contributed by atoms with E-state index in [1.807, 2.05) is 42.5 Å². The second-order valence-corrected chi connectivity index (χ2v) is 6.63. The summed E-state index contributed by atoms with van der Waals surface area (Å²) in [5.74, 6) is 0.499. The summed E-state index contributed by atoms with van der Waals surface area (Å²) in [5.41, 5.74) is 3.91. The molecule has 0 unspecified atom stereocenters. The number of carbonyl (C=O) groups excluding carboxylic acids is 1. The van der Waals surface area contributed by atoms with Gasteiger partial charge in [0.25, 0.3) is 0 Å². The Morgan fingerprint density at radius 2 is 1.89 bits per heavy atom. The molecule has 1 aliphatic rings. The maximum absolute atomic E-state index is 12.4. The number of aromatic nitrogens is 2. The van der Waals surface area contributed by atoms with Gasteiger partial charge in [-0.2, -0.15) is 0 Å². The highest BCUT2D eigenvalue weighted by molar-refractivity contribution is 5.93. The van der Waals surface area contributed by atoms with Crippen LogP contribution in [0.5, 0.6) is 0 Å². The van der Waals surface area contributed by atoms with Crippen molar-refractivity contribution >= 4 is 22.8 Å². The highest BCUT2D eigenvalue weighted by Crippen LogP contribution is 2.27. The second-order valence-electron chi connectivity index (χ2n) is 6.63. The molecule has 6 heteroatoms. The SMILES string of the molecule is Cc1ccc2nc(NCC(=O)N3CCOCC3)nc(-c3ccccc3)c2c1.